The van der Waals surface area contributed by atoms with Crippen molar-refractivity contribution < 1.29 is 0 Å². The fourth-order valence-corrected chi connectivity index (χ4v) is 3.05. The van der Waals surface area contributed by atoms with Crippen molar-refractivity contribution in [3.05, 3.63) is 53.3 Å². The Hall–Kier alpha value is -1.65. The van der Waals surface area contributed by atoms with Gasteiger partial charge in [-0.25, -0.2) is 0 Å². The van der Waals surface area contributed by atoms with E-state index in [-0.39, 0.29) is 0 Å². The molecule has 0 saturated carbocycles. The minimum atomic E-state index is 0.571. The highest BCUT2D eigenvalue weighted by molar-refractivity contribution is 5.32. The van der Waals surface area contributed by atoms with Crippen molar-refractivity contribution in [1.82, 2.24) is 20.0 Å². The maximum absolute atomic E-state index is 4.23. The monoisotopic (exact) mass is 270 g/mol. The van der Waals surface area contributed by atoms with E-state index in [0.717, 1.165) is 26.2 Å². The number of aromatic nitrogens is 2. The summed E-state index contributed by atoms with van der Waals surface area (Å²) in [5, 5.41) is 7.75. The lowest BCUT2D eigenvalue weighted by molar-refractivity contribution is 0.293. The van der Waals surface area contributed by atoms with Gasteiger partial charge in [0, 0.05) is 50.9 Å². The molecule has 0 radical (unpaired) electrons. The number of hydrogen-bond donors (Lipinski definition) is 1. The Bertz CT molecular complexity index is 575. The van der Waals surface area contributed by atoms with Gasteiger partial charge in [-0.2, -0.15) is 5.10 Å². The molecule has 1 aromatic heterocycles. The molecule has 2 aromatic rings. The van der Waals surface area contributed by atoms with E-state index in [4.69, 9.17) is 0 Å². The molecule has 106 valence electrons. The maximum Gasteiger partial charge on any atom is 0.0534 e. The first-order valence-electron chi connectivity index (χ1n) is 7.17. The predicted molar refractivity (Wildman–Crippen MR) is 80.4 cm³/mol. The molecule has 1 aromatic carbocycles. The van der Waals surface area contributed by atoms with Gasteiger partial charge in [0.1, 0.15) is 0 Å². The van der Waals surface area contributed by atoms with E-state index in [0.29, 0.717) is 5.92 Å². The van der Waals surface area contributed by atoms with Crippen LogP contribution in [0.4, 0.5) is 0 Å². The van der Waals surface area contributed by atoms with Crippen LogP contribution in [0.1, 0.15) is 22.6 Å². The molecule has 1 unspecified atom stereocenters. The number of aryl methyl sites for hydroxylation is 1. The van der Waals surface area contributed by atoms with Crippen LogP contribution in [-0.4, -0.2) is 34.8 Å². The summed E-state index contributed by atoms with van der Waals surface area (Å²) in [6.45, 7) is 4.08. The predicted octanol–water partition coefficient (Wildman–Crippen LogP) is 1.74. The Balaban J connectivity index is 1.66. The van der Waals surface area contributed by atoms with E-state index < -0.39 is 0 Å². The Kier molecular flexibility index (Phi) is 3.85. The zero-order chi connectivity index (χ0) is 13.9. The van der Waals surface area contributed by atoms with Crippen molar-refractivity contribution in [2.45, 2.75) is 19.0 Å². The van der Waals surface area contributed by atoms with Gasteiger partial charge in [0.2, 0.25) is 0 Å². The molecule has 0 amide bonds. The second kappa shape index (κ2) is 5.77. The third-order valence-corrected chi connectivity index (χ3v) is 3.94. The highest BCUT2D eigenvalue weighted by Crippen LogP contribution is 2.24. The van der Waals surface area contributed by atoms with E-state index in [1.54, 1.807) is 0 Å². The van der Waals surface area contributed by atoms with Crippen LogP contribution in [0.5, 0.6) is 0 Å². The van der Waals surface area contributed by atoms with Gasteiger partial charge in [-0.1, -0.05) is 24.3 Å². The third-order valence-electron chi connectivity index (χ3n) is 3.94. The van der Waals surface area contributed by atoms with Crippen LogP contribution < -0.4 is 5.32 Å². The second-order valence-electron chi connectivity index (χ2n) is 5.75. The smallest absolute Gasteiger partial charge is 0.0534 e. The quantitative estimate of drug-likeness (QED) is 0.918. The van der Waals surface area contributed by atoms with Crippen LogP contribution in [0.25, 0.3) is 0 Å². The fraction of sp³-hybridized carbons (Fsp3) is 0.438. The lowest BCUT2D eigenvalue weighted by Crippen LogP contribution is -2.35. The van der Waals surface area contributed by atoms with E-state index in [9.17, 15) is 0 Å². The van der Waals surface area contributed by atoms with E-state index in [1.807, 2.05) is 17.9 Å². The maximum atomic E-state index is 4.23. The van der Waals surface area contributed by atoms with Crippen molar-refractivity contribution in [2.24, 2.45) is 7.05 Å². The first-order chi connectivity index (χ1) is 9.72. The number of likely N-dealkylation sites (N-methyl/N-ethyl adjacent to an activating group) is 1. The summed E-state index contributed by atoms with van der Waals surface area (Å²) in [5.41, 5.74) is 4.22. The Morgan fingerprint density at radius 1 is 1.40 bits per heavy atom. The van der Waals surface area contributed by atoms with Crippen LogP contribution in [0.15, 0.2) is 36.7 Å². The zero-order valence-corrected chi connectivity index (χ0v) is 12.2. The average Bonchev–Trinajstić information content (AvgIpc) is 2.84. The summed E-state index contributed by atoms with van der Waals surface area (Å²) in [7, 11) is 4.15. The first kappa shape index (κ1) is 13.3. The standard InChI is InChI=1S/C16H22N4/c1-19(10-13-7-18-20(2)11-13)12-15-9-17-8-14-5-3-4-6-16(14)15/h3-7,11,15,17H,8-10,12H2,1-2H3. The third kappa shape index (κ3) is 2.92. The van der Waals surface area contributed by atoms with Gasteiger partial charge in [-0.15, -0.1) is 0 Å². The van der Waals surface area contributed by atoms with Crippen LogP contribution in [-0.2, 0) is 20.1 Å². The lowest BCUT2D eigenvalue weighted by atomic mass is 9.90. The molecule has 2 heterocycles. The molecule has 20 heavy (non-hydrogen) atoms. The van der Waals surface area contributed by atoms with Gasteiger partial charge in [-0.3, -0.25) is 4.68 Å². The molecular weight excluding hydrogens is 248 g/mol. The largest absolute Gasteiger partial charge is 0.312 e. The van der Waals surface area contributed by atoms with Crippen molar-refractivity contribution in [1.29, 1.82) is 0 Å². The fourth-order valence-electron chi connectivity index (χ4n) is 3.05. The molecule has 4 nitrogen and oxygen atoms in total. The molecule has 0 bridgehead atoms. The Morgan fingerprint density at radius 2 is 2.25 bits per heavy atom. The summed E-state index contributed by atoms with van der Waals surface area (Å²) >= 11 is 0. The van der Waals surface area contributed by atoms with Crippen LogP contribution in [0.3, 0.4) is 0 Å². The SMILES string of the molecule is CN(Cc1cnn(C)c1)CC1CNCc2ccccc21. The molecule has 0 spiro atoms. The Labute approximate surface area is 120 Å². The molecule has 1 atom stereocenters. The molecule has 0 aliphatic carbocycles. The first-order valence-corrected chi connectivity index (χ1v) is 7.17. The lowest BCUT2D eigenvalue weighted by Gasteiger charge is -2.29. The number of nitrogens with zero attached hydrogens (tertiary/aromatic N) is 3. The Morgan fingerprint density at radius 3 is 3.05 bits per heavy atom. The van der Waals surface area contributed by atoms with Crippen LogP contribution in [0, 0.1) is 0 Å². The van der Waals surface area contributed by atoms with E-state index in [1.165, 1.54) is 16.7 Å². The van der Waals surface area contributed by atoms with Gasteiger partial charge in [0.05, 0.1) is 6.20 Å². The van der Waals surface area contributed by atoms with Crippen molar-refractivity contribution >= 4 is 0 Å². The zero-order valence-electron chi connectivity index (χ0n) is 12.2. The van der Waals surface area contributed by atoms with E-state index in [2.05, 4.69) is 52.8 Å². The molecule has 0 fully saturated rings. The highest BCUT2D eigenvalue weighted by Gasteiger charge is 2.20. The van der Waals surface area contributed by atoms with Gasteiger partial charge < -0.3 is 10.2 Å². The van der Waals surface area contributed by atoms with E-state index >= 15 is 0 Å². The van der Waals surface area contributed by atoms with Gasteiger partial charge in [-0.05, 0) is 18.2 Å². The van der Waals surface area contributed by atoms with Crippen molar-refractivity contribution in [3.8, 4) is 0 Å². The molecule has 0 saturated heterocycles. The number of fused-ring (bicyclic) bond motifs is 1. The molecule has 1 aliphatic heterocycles. The van der Waals surface area contributed by atoms with Crippen molar-refractivity contribution in [2.75, 3.05) is 20.1 Å². The highest BCUT2D eigenvalue weighted by atomic mass is 15.2. The summed E-state index contributed by atoms with van der Waals surface area (Å²) in [4.78, 5) is 2.38. The number of nitrogens with one attached hydrogen (secondary N) is 1. The number of hydrogen-bond acceptors (Lipinski definition) is 3. The van der Waals surface area contributed by atoms with Gasteiger partial charge in [0.15, 0.2) is 0 Å². The molecule has 1 aliphatic rings. The summed E-state index contributed by atoms with van der Waals surface area (Å²) < 4.78 is 1.86. The summed E-state index contributed by atoms with van der Waals surface area (Å²) in [6, 6.07) is 8.79. The summed E-state index contributed by atoms with van der Waals surface area (Å²) in [5.74, 6) is 0.571. The molecular formula is C16H22N4. The van der Waals surface area contributed by atoms with Gasteiger partial charge in [0.25, 0.3) is 0 Å². The van der Waals surface area contributed by atoms with Crippen LogP contribution >= 0.6 is 0 Å². The molecule has 4 heteroatoms. The minimum absolute atomic E-state index is 0.571. The average molecular weight is 270 g/mol. The molecule has 1 N–H and O–H groups in total. The molecule has 3 rings (SSSR count). The summed E-state index contributed by atoms with van der Waals surface area (Å²) in [6.07, 6.45) is 4.03. The van der Waals surface area contributed by atoms with Crippen LogP contribution in [0.2, 0.25) is 0 Å². The van der Waals surface area contributed by atoms with Crippen molar-refractivity contribution in [3.63, 3.8) is 0 Å². The number of rotatable bonds is 4. The topological polar surface area (TPSA) is 33.1 Å². The minimum Gasteiger partial charge on any atom is -0.312 e. The second-order valence-corrected chi connectivity index (χ2v) is 5.75. The number of benzene rings is 1. The van der Waals surface area contributed by atoms with Gasteiger partial charge >= 0.3 is 0 Å². The normalized spacial score (nSPS) is 18.2.